The third-order valence-corrected chi connectivity index (χ3v) is 2.52. The van der Waals surface area contributed by atoms with Crippen LogP contribution >= 0.6 is 15.9 Å². The largest absolute Gasteiger partial charge is 0.464 e. The lowest BCUT2D eigenvalue weighted by Crippen LogP contribution is -2.27. The molecule has 0 aliphatic carbocycles. The molecule has 1 aromatic heterocycles. The molecule has 0 atom stereocenters. The highest BCUT2D eigenvalue weighted by Gasteiger charge is 2.18. The van der Waals surface area contributed by atoms with E-state index in [1.54, 1.807) is 20.8 Å². The monoisotopic (exact) mass is 330 g/mol. The van der Waals surface area contributed by atoms with Crippen molar-refractivity contribution in [3.63, 3.8) is 0 Å². The van der Waals surface area contributed by atoms with Crippen molar-refractivity contribution >= 4 is 33.7 Å². The van der Waals surface area contributed by atoms with Crippen molar-refractivity contribution in [1.82, 2.24) is 4.98 Å². The number of halogens is 1. The molecule has 6 nitrogen and oxygen atoms in total. The number of hydrogen-bond acceptors (Lipinski definition) is 5. The standard InChI is InChI=1S/C12H15BrN2O4/c1-12(2,3)19-11(17)15-8-5-9(10(16)18-4)14-6-7(8)13/h5-6H,1-4H3,(H,14,15,17). The van der Waals surface area contributed by atoms with Crippen LogP contribution in [-0.4, -0.2) is 29.8 Å². The van der Waals surface area contributed by atoms with Gasteiger partial charge in [0.25, 0.3) is 0 Å². The van der Waals surface area contributed by atoms with Crippen LogP contribution in [0.15, 0.2) is 16.7 Å². The molecule has 0 aromatic carbocycles. The molecule has 0 radical (unpaired) electrons. The van der Waals surface area contributed by atoms with Crippen LogP contribution in [0.5, 0.6) is 0 Å². The van der Waals surface area contributed by atoms with Gasteiger partial charge < -0.3 is 9.47 Å². The van der Waals surface area contributed by atoms with Crippen LogP contribution in [0.2, 0.25) is 0 Å². The number of hydrogen-bond donors (Lipinski definition) is 1. The van der Waals surface area contributed by atoms with Gasteiger partial charge in [0.15, 0.2) is 0 Å². The zero-order valence-electron chi connectivity index (χ0n) is 11.1. The molecule has 1 amide bonds. The van der Waals surface area contributed by atoms with Crippen LogP contribution in [0.25, 0.3) is 0 Å². The minimum atomic E-state index is -0.616. The first kappa shape index (κ1) is 15.4. The lowest BCUT2D eigenvalue weighted by atomic mass is 10.2. The van der Waals surface area contributed by atoms with E-state index < -0.39 is 17.7 Å². The molecule has 19 heavy (non-hydrogen) atoms. The van der Waals surface area contributed by atoms with E-state index in [1.165, 1.54) is 19.4 Å². The van der Waals surface area contributed by atoms with Crippen molar-refractivity contribution in [1.29, 1.82) is 0 Å². The van der Waals surface area contributed by atoms with Crippen molar-refractivity contribution in [2.24, 2.45) is 0 Å². The molecule has 1 N–H and O–H groups in total. The van der Waals surface area contributed by atoms with Crippen molar-refractivity contribution in [2.45, 2.75) is 26.4 Å². The Morgan fingerprint density at radius 2 is 2.00 bits per heavy atom. The molecule has 1 aromatic rings. The summed E-state index contributed by atoms with van der Waals surface area (Å²) in [5.74, 6) is -0.584. The molecule has 0 saturated heterocycles. The maximum absolute atomic E-state index is 11.6. The van der Waals surface area contributed by atoms with E-state index in [4.69, 9.17) is 4.74 Å². The summed E-state index contributed by atoms with van der Waals surface area (Å²) < 4.78 is 10.2. The first-order valence-electron chi connectivity index (χ1n) is 5.47. The van der Waals surface area contributed by atoms with Crippen molar-refractivity contribution < 1.29 is 19.1 Å². The Morgan fingerprint density at radius 3 is 2.53 bits per heavy atom. The number of nitrogens with one attached hydrogen (secondary N) is 1. The second-order valence-electron chi connectivity index (χ2n) is 4.67. The summed E-state index contributed by atoms with van der Waals surface area (Å²) in [6.07, 6.45) is 0.786. The van der Waals surface area contributed by atoms with Gasteiger partial charge in [-0.3, -0.25) is 5.32 Å². The summed E-state index contributed by atoms with van der Waals surface area (Å²) in [5.41, 5.74) is -0.129. The fraction of sp³-hybridized carbons (Fsp3) is 0.417. The Morgan fingerprint density at radius 1 is 1.37 bits per heavy atom. The van der Waals surface area contributed by atoms with E-state index >= 15 is 0 Å². The van der Waals surface area contributed by atoms with Gasteiger partial charge in [0.1, 0.15) is 11.3 Å². The second kappa shape index (κ2) is 6.01. The Balaban J connectivity index is 2.88. The number of nitrogens with zero attached hydrogens (tertiary/aromatic N) is 1. The van der Waals surface area contributed by atoms with E-state index in [-0.39, 0.29) is 5.69 Å². The van der Waals surface area contributed by atoms with Crippen LogP contribution in [-0.2, 0) is 9.47 Å². The Hall–Kier alpha value is -1.63. The van der Waals surface area contributed by atoms with Crippen LogP contribution < -0.4 is 5.32 Å². The maximum Gasteiger partial charge on any atom is 0.412 e. The first-order valence-corrected chi connectivity index (χ1v) is 6.26. The molecule has 104 valence electrons. The number of anilines is 1. The van der Waals surface area contributed by atoms with Gasteiger partial charge in [-0.2, -0.15) is 0 Å². The van der Waals surface area contributed by atoms with E-state index in [0.29, 0.717) is 10.2 Å². The quantitative estimate of drug-likeness (QED) is 0.843. The Kier molecular flexibility index (Phi) is 4.88. The van der Waals surface area contributed by atoms with Crippen LogP contribution in [0.4, 0.5) is 10.5 Å². The summed E-state index contributed by atoms with van der Waals surface area (Å²) in [6, 6.07) is 1.40. The molecule has 0 saturated carbocycles. The number of carbonyl (C=O) groups is 2. The van der Waals surface area contributed by atoms with Crippen LogP contribution in [0.3, 0.4) is 0 Å². The number of rotatable bonds is 2. The molecular weight excluding hydrogens is 316 g/mol. The van der Waals surface area contributed by atoms with E-state index in [1.807, 2.05) is 0 Å². The number of esters is 1. The molecule has 0 bridgehead atoms. The average Bonchev–Trinajstić information content (AvgIpc) is 2.28. The zero-order valence-corrected chi connectivity index (χ0v) is 12.7. The molecule has 7 heteroatoms. The first-order chi connectivity index (χ1) is 8.73. The third-order valence-electron chi connectivity index (χ3n) is 1.89. The lowest BCUT2D eigenvalue weighted by molar-refractivity contribution is 0.0590. The maximum atomic E-state index is 11.6. The molecule has 0 spiro atoms. The molecule has 1 rings (SSSR count). The van der Waals surface area contributed by atoms with Gasteiger partial charge >= 0.3 is 12.1 Å². The van der Waals surface area contributed by atoms with Crippen LogP contribution in [0, 0.1) is 0 Å². The van der Waals surface area contributed by atoms with E-state index in [2.05, 4.69) is 31.0 Å². The fourth-order valence-electron chi connectivity index (χ4n) is 1.16. The average molecular weight is 331 g/mol. The number of carbonyl (C=O) groups excluding carboxylic acids is 2. The van der Waals surface area contributed by atoms with Crippen molar-refractivity contribution in [3.8, 4) is 0 Å². The van der Waals surface area contributed by atoms with Gasteiger partial charge in [0.2, 0.25) is 0 Å². The van der Waals surface area contributed by atoms with Gasteiger partial charge in [0, 0.05) is 6.20 Å². The summed E-state index contributed by atoms with van der Waals surface area (Å²) in [5, 5.41) is 2.53. The van der Waals surface area contributed by atoms with Crippen molar-refractivity contribution in [3.05, 3.63) is 22.4 Å². The topological polar surface area (TPSA) is 77.5 Å². The fourth-order valence-corrected chi connectivity index (χ4v) is 1.48. The number of pyridine rings is 1. The van der Waals surface area contributed by atoms with Gasteiger partial charge in [-0.05, 0) is 42.8 Å². The minimum absolute atomic E-state index is 0.0942. The number of amides is 1. The second-order valence-corrected chi connectivity index (χ2v) is 5.52. The highest BCUT2D eigenvalue weighted by atomic mass is 79.9. The Labute approximate surface area is 119 Å². The highest BCUT2D eigenvalue weighted by molar-refractivity contribution is 9.10. The smallest absolute Gasteiger partial charge is 0.412 e. The predicted molar refractivity (Wildman–Crippen MR) is 73.1 cm³/mol. The van der Waals surface area contributed by atoms with Gasteiger partial charge in [0.05, 0.1) is 17.3 Å². The lowest BCUT2D eigenvalue weighted by Gasteiger charge is -2.20. The van der Waals surface area contributed by atoms with E-state index in [9.17, 15) is 9.59 Å². The predicted octanol–water partition coefficient (Wildman–Crippen LogP) is 2.98. The normalized spacial score (nSPS) is 10.8. The molecule has 0 fully saturated rings. The summed E-state index contributed by atoms with van der Waals surface area (Å²) in [4.78, 5) is 26.9. The van der Waals surface area contributed by atoms with Gasteiger partial charge in [-0.15, -0.1) is 0 Å². The minimum Gasteiger partial charge on any atom is -0.464 e. The number of methoxy groups -OCH3 is 1. The molecule has 1 heterocycles. The molecule has 0 aliphatic heterocycles. The zero-order chi connectivity index (χ0) is 14.6. The van der Waals surface area contributed by atoms with Crippen LogP contribution in [0.1, 0.15) is 31.3 Å². The Bertz CT molecular complexity index is 497. The van der Waals surface area contributed by atoms with Gasteiger partial charge in [-0.25, -0.2) is 14.6 Å². The van der Waals surface area contributed by atoms with E-state index in [0.717, 1.165) is 0 Å². The number of ether oxygens (including phenoxy) is 2. The van der Waals surface area contributed by atoms with Crippen molar-refractivity contribution in [2.75, 3.05) is 12.4 Å². The van der Waals surface area contributed by atoms with Gasteiger partial charge in [-0.1, -0.05) is 0 Å². The number of aromatic nitrogens is 1. The summed E-state index contributed by atoms with van der Waals surface area (Å²) in [7, 11) is 1.26. The summed E-state index contributed by atoms with van der Waals surface area (Å²) in [6.45, 7) is 5.27. The highest BCUT2D eigenvalue weighted by Crippen LogP contribution is 2.23. The molecule has 0 aliphatic rings. The third kappa shape index (κ3) is 4.86. The summed E-state index contributed by atoms with van der Waals surface area (Å²) >= 11 is 3.22. The molecular formula is C12H15BrN2O4. The molecule has 0 unspecified atom stereocenters. The SMILES string of the molecule is COC(=O)c1cc(NC(=O)OC(C)(C)C)c(Br)cn1.